The molecule has 2 fully saturated rings. The zero-order chi connectivity index (χ0) is 14.9. The summed E-state index contributed by atoms with van der Waals surface area (Å²) in [5.41, 5.74) is -0.435. The van der Waals surface area contributed by atoms with Gasteiger partial charge in [0.25, 0.3) is 0 Å². The summed E-state index contributed by atoms with van der Waals surface area (Å²) in [6, 6.07) is 0. The average molecular weight is 280 g/mol. The van der Waals surface area contributed by atoms with Gasteiger partial charge in [-0.25, -0.2) is 9.79 Å². The van der Waals surface area contributed by atoms with E-state index in [1.165, 1.54) is 0 Å². The Morgan fingerprint density at radius 3 is 2.05 bits per heavy atom. The van der Waals surface area contributed by atoms with Gasteiger partial charge >= 0.3 is 6.09 Å². The number of amides is 1. The second kappa shape index (κ2) is 5.42. The zero-order valence-corrected chi connectivity index (χ0v) is 12.8. The molecule has 6 heteroatoms. The number of rotatable bonds is 0. The van der Waals surface area contributed by atoms with Crippen molar-refractivity contribution < 1.29 is 9.53 Å². The molecule has 0 spiro atoms. The topological polar surface area (TPSA) is 57.5 Å². The van der Waals surface area contributed by atoms with Crippen molar-refractivity contribution in [3.63, 3.8) is 0 Å². The summed E-state index contributed by atoms with van der Waals surface area (Å²) in [5.74, 6) is 1.64. The van der Waals surface area contributed by atoms with E-state index in [4.69, 9.17) is 4.74 Å². The van der Waals surface area contributed by atoms with Crippen LogP contribution in [0.3, 0.4) is 0 Å². The van der Waals surface area contributed by atoms with Gasteiger partial charge in [-0.1, -0.05) is 0 Å². The predicted molar refractivity (Wildman–Crippen MR) is 79.3 cm³/mol. The lowest BCUT2D eigenvalue weighted by Gasteiger charge is -2.26. The lowest BCUT2D eigenvalue weighted by Crippen LogP contribution is -2.38. The third kappa shape index (κ3) is 3.11. The first kappa shape index (κ1) is 14.8. The van der Waals surface area contributed by atoms with Crippen LogP contribution < -0.4 is 0 Å². The maximum absolute atomic E-state index is 12.1. The summed E-state index contributed by atoms with van der Waals surface area (Å²) in [5, 5.41) is 0. The molecule has 2 aliphatic heterocycles. The molecule has 2 saturated heterocycles. The number of fused-ring (bicyclic) bond motifs is 1. The molecule has 2 atom stereocenters. The van der Waals surface area contributed by atoms with Crippen LogP contribution in [0, 0.1) is 11.8 Å². The molecule has 0 aromatic heterocycles. The molecule has 0 radical (unpaired) electrons. The Bertz CT molecular complexity index is 413. The highest BCUT2D eigenvalue weighted by Gasteiger charge is 2.43. The molecule has 2 rings (SSSR count). The Hall–Kier alpha value is -1.59. The summed E-state index contributed by atoms with van der Waals surface area (Å²) >= 11 is 0. The standard InChI is InChI=1S/C14H24N4O2/c1-14(2,3)20-13(19)18-8-10-6-17(7-11(10)9-18)12(15-4)16-5/h10-11H,4,6-9H2,1-3,5H3. The second-order valence-corrected chi connectivity index (χ2v) is 6.49. The maximum Gasteiger partial charge on any atom is 0.410 e. The number of aliphatic imine (C=N–C) groups is 2. The fourth-order valence-corrected chi connectivity index (χ4v) is 2.94. The van der Waals surface area contributed by atoms with Gasteiger partial charge in [-0.15, -0.1) is 0 Å². The van der Waals surface area contributed by atoms with E-state index >= 15 is 0 Å². The van der Waals surface area contributed by atoms with Gasteiger partial charge < -0.3 is 14.5 Å². The summed E-state index contributed by atoms with van der Waals surface area (Å²) < 4.78 is 5.42. The van der Waals surface area contributed by atoms with Crippen molar-refractivity contribution in [2.24, 2.45) is 21.8 Å². The summed E-state index contributed by atoms with van der Waals surface area (Å²) in [6.07, 6.45) is -0.204. The van der Waals surface area contributed by atoms with E-state index in [9.17, 15) is 4.79 Å². The van der Waals surface area contributed by atoms with Gasteiger partial charge in [-0.05, 0) is 27.5 Å². The molecular weight excluding hydrogens is 256 g/mol. The third-order valence-corrected chi connectivity index (χ3v) is 3.76. The Labute approximate surface area is 120 Å². The minimum Gasteiger partial charge on any atom is -0.444 e. The number of likely N-dealkylation sites (tertiary alicyclic amines) is 2. The van der Waals surface area contributed by atoms with Crippen molar-refractivity contribution in [3.05, 3.63) is 0 Å². The van der Waals surface area contributed by atoms with Crippen LogP contribution in [0.2, 0.25) is 0 Å². The first-order valence-corrected chi connectivity index (χ1v) is 7.00. The van der Waals surface area contributed by atoms with Crippen LogP contribution in [-0.2, 0) is 4.74 Å². The SMILES string of the molecule is C=NC(=NC)N1CC2CN(C(=O)OC(C)(C)C)CC2C1. The number of hydrogen-bond donors (Lipinski definition) is 0. The molecule has 2 unspecified atom stereocenters. The molecule has 0 aromatic carbocycles. The van der Waals surface area contributed by atoms with Gasteiger partial charge in [0.2, 0.25) is 5.96 Å². The molecular formula is C14H24N4O2. The molecule has 112 valence electrons. The number of carbonyl (C=O) groups excluding carboxylic acids is 1. The van der Waals surface area contributed by atoms with Crippen molar-refractivity contribution in [3.8, 4) is 0 Å². The van der Waals surface area contributed by atoms with E-state index in [0.717, 1.165) is 26.2 Å². The normalized spacial score (nSPS) is 26.7. The fraction of sp³-hybridized carbons (Fsp3) is 0.786. The van der Waals surface area contributed by atoms with Crippen molar-refractivity contribution >= 4 is 18.8 Å². The highest BCUT2D eigenvalue weighted by atomic mass is 16.6. The minimum atomic E-state index is -0.435. The van der Waals surface area contributed by atoms with Crippen LogP contribution >= 0.6 is 0 Å². The third-order valence-electron chi connectivity index (χ3n) is 3.76. The van der Waals surface area contributed by atoms with E-state index in [0.29, 0.717) is 17.8 Å². The zero-order valence-electron chi connectivity index (χ0n) is 12.8. The van der Waals surface area contributed by atoms with Gasteiger partial charge in [0.05, 0.1) is 0 Å². The van der Waals surface area contributed by atoms with Crippen LogP contribution in [0.1, 0.15) is 20.8 Å². The molecule has 6 nitrogen and oxygen atoms in total. The van der Waals surface area contributed by atoms with E-state index in [-0.39, 0.29) is 6.09 Å². The molecule has 0 N–H and O–H groups in total. The number of hydrogen-bond acceptors (Lipinski definition) is 3. The van der Waals surface area contributed by atoms with Crippen molar-refractivity contribution in [1.82, 2.24) is 9.80 Å². The van der Waals surface area contributed by atoms with Gasteiger partial charge in [0.1, 0.15) is 5.60 Å². The number of ether oxygens (including phenoxy) is 1. The van der Waals surface area contributed by atoms with Crippen molar-refractivity contribution in [2.45, 2.75) is 26.4 Å². The quantitative estimate of drug-likeness (QED) is 0.499. The van der Waals surface area contributed by atoms with E-state index in [1.807, 2.05) is 25.7 Å². The van der Waals surface area contributed by atoms with Gasteiger partial charge in [0, 0.05) is 45.1 Å². The Morgan fingerprint density at radius 1 is 1.15 bits per heavy atom. The molecule has 0 saturated carbocycles. The number of nitrogens with zero attached hydrogens (tertiary/aromatic N) is 4. The first-order valence-electron chi connectivity index (χ1n) is 7.00. The van der Waals surface area contributed by atoms with E-state index < -0.39 is 5.60 Å². The molecule has 0 aromatic rings. The smallest absolute Gasteiger partial charge is 0.410 e. The van der Waals surface area contributed by atoms with Crippen LogP contribution in [0.15, 0.2) is 9.98 Å². The monoisotopic (exact) mass is 280 g/mol. The van der Waals surface area contributed by atoms with Crippen LogP contribution in [0.5, 0.6) is 0 Å². The predicted octanol–water partition coefficient (Wildman–Crippen LogP) is 1.47. The Morgan fingerprint density at radius 2 is 1.65 bits per heavy atom. The fourth-order valence-electron chi connectivity index (χ4n) is 2.94. The maximum atomic E-state index is 12.1. The number of guanidine groups is 1. The van der Waals surface area contributed by atoms with Gasteiger partial charge in [0.15, 0.2) is 0 Å². The van der Waals surface area contributed by atoms with Crippen LogP contribution in [-0.4, -0.2) is 67.4 Å². The Kier molecular flexibility index (Phi) is 4.01. The van der Waals surface area contributed by atoms with E-state index in [2.05, 4.69) is 21.6 Å². The molecule has 2 heterocycles. The van der Waals surface area contributed by atoms with Crippen LogP contribution in [0.25, 0.3) is 0 Å². The molecule has 0 bridgehead atoms. The van der Waals surface area contributed by atoms with Gasteiger partial charge in [-0.2, -0.15) is 0 Å². The molecule has 1 amide bonds. The molecule has 20 heavy (non-hydrogen) atoms. The largest absolute Gasteiger partial charge is 0.444 e. The number of carbonyl (C=O) groups is 1. The highest BCUT2D eigenvalue weighted by molar-refractivity contribution is 5.84. The average Bonchev–Trinajstić information content (AvgIpc) is 2.86. The van der Waals surface area contributed by atoms with Crippen molar-refractivity contribution in [1.29, 1.82) is 0 Å². The molecule has 0 aliphatic carbocycles. The highest BCUT2D eigenvalue weighted by Crippen LogP contribution is 2.32. The molecule has 2 aliphatic rings. The summed E-state index contributed by atoms with van der Waals surface area (Å²) in [6.45, 7) is 12.5. The van der Waals surface area contributed by atoms with E-state index in [1.54, 1.807) is 7.05 Å². The first-order chi connectivity index (χ1) is 9.34. The lowest BCUT2D eigenvalue weighted by atomic mass is 10.0. The summed E-state index contributed by atoms with van der Waals surface area (Å²) in [7, 11) is 1.73. The second-order valence-electron chi connectivity index (χ2n) is 6.49. The summed E-state index contributed by atoms with van der Waals surface area (Å²) in [4.78, 5) is 24.1. The Balaban J connectivity index is 1.91. The van der Waals surface area contributed by atoms with Crippen molar-refractivity contribution in [2.75, 3.05) is 33.2 Å². The lowest BCUT2D eigenvalue weighted by molar-refractivity contribution is 0.0278. The van der Waals surface area contributed by atoms with Gasteiger partial charge in [-0.3, -0.25) is 4.99 Å². The minimum absolute atomic E-state index is 0.204. The van der Waals surface area contributed by atoms with Crippen LogP contribution in [0.4, 0.5) is 4.79 Å².